The number of nitrogens with one attached hydrogen (secondary N) is 1. The third-order valence-electron chi connectivity index (χ3n) is 2.93. The van der Waals surface area contributed by atoms with Gasteiger partial charge in [0.2, 0.25) is 0 Å². The van der Waals surface area contributed by atoms with Crippen molar-refractivity contribution in [3.05, 3.63) is 65.0 Å². The van der Waals surface area contributed by atoms with Crippen LogP contribution in [0.25, 0.3) is 0 Å². The fraction of sp³-hybridized carbons (Fsp3) is 0.200. The van der Waals surface area contributed by atoms with E-state index in [4.69, 9.17) is 0 Å². The van der Waals surface area contributed by atoms with Crippen LogP contribution >= 0.6 is 0 Å². The van der Waals surface area contributed by atoms with Crippen molar-refractivity contribution in [3.63, 3.8) is 0 Å². The number of hydrogen-bond donors (Lipinski definition) is 1. The first-order valence-corrected chi connectivity index (χ1v) is 6.02. The van der Waals surface area contributed by atoms with Crippen molar-refractivity contribution in [3.8, 4) is 0 Å². The summed E-state index contributed by atoms with van der Waals surface area (Å²) in [6.07, 6.45) is -4.33. The summed E-state index contributed by atoms with van der Waals surface area (Å²) in [6, 6.07) is 9.51. The van der Waals surface area contributed by atoms with Gasteiger partial charge in [-0.3, -0.25) is 0 Å². The summed E-state index contributed by atoms with van der Waals surface area (Å²) in [7, 11) is 0. The molecule has 0 atom stereocenters. The van der Waals surface area contributed by atoms with Crippen molar-refractivity contribution in [2.24, 2.45) is 0 Å². The number of anilines is 1. The molecule has 0 bridgehead atoms. The zero-order valence-electron chi connectivity index (χ0n) is 10.8. The SMILES string of the molecule is Cc1cc(CNc2ccc(C(F)(F)F)cc2)ccc1F. The van der Waals surface area contributed by atoms with Crippen molar-refractivity contribution < 1.29 is 17.6 Å². The average molecular weight is 283 g/mol. The Labute approximate surface area is 114 Å². The molecule has 0 aromatic heterocycles. The van der Waals surface area contributed by atoms with Gasteiger partial charge in [-0.15, -0.1) is 0 Å². The minimum absolute atomic E-state index is 0.275. The summed E-state index contributed by atoms with van der Waals surface area (Å²) in [5.74, 6) is -0.275. The number of hydrogen-bond acceptors (Lipinski definition) is 1. The maximum atomic E-state index is 13.1. The standard InChI is InChI=1S/C15H13F4N/c1-10-8-11(2-7-14(10)16)9-20-13-5-3-12(4-6-13)15(17,18)19/h2-8,20H,9H2,1H3. The van der Waals surface area contributed by atoms with Gasteiger partial charge in [-0.1, -0.05) is 12.1 Å². The molecule has 0 saturated heterocycles. The molecular formula is C15H13F4N. The molecule has 2 aromatic carbocycles. The molecule has 106 valence electrons. The summed E-state index contributed by atoms with van der Waals surface area (Å²) in [6.45, 7) is 2.09. The molecule has 1 N–H and O–H groups in total. The zero-order chi connectivity index (χ0) is 14.8. The fourth-order valence-electron chi connectivity index (χ4n) is 1.80. The molecule has 0 saturated carbocycles. The second kappa shape index (κ2) is 5.53. The van der Waals surface area contributed by atoms with Crippen molar-refractivity contribution in [1.29, 1.82) is 0 Å². The maximum absolute atomic E-state index is 13.1. The molecule has 0 fully saturated rings. The van der Waals surface area contributed by atoms with Gasteiger partial charge < -0.3 is 5.32 Å². The van der Waals surface area contributed by atoms with Gasteiger partial charge in [0.05, 0.1) is 5.56 Å². The summed E-state index contributed by atoms with van der Waals surface area (Å²) < 4.78 is 50.3. The number of aryl methyl sites for hydroxylation is 1. The summed E-state index contributed by atoms with van der Waals surface area (Å²) >= 11 is 0. The Kier molecular flexibility index (Phi) is 3.97. The molecule has 20 heavy (non-hydrogen) atoms. The van der Waals surface area contributed by atoms with E-state index in [2.05, 4.69) is 5.32 Å². The van der Waals surface area contributed by atoms with Crippen LogP contribution in [0.15, 0.2) is 42.5 Å². The first kappa shape index (κ1) is 14.4. The molecule has 2 aromatic rings. The van der Waals surface area contributed by atoms with E-state index in [0.29, 0.717) is 17.8 Å². The summed E-state index contributed by atoms with van der Waals surface area (Å²) in [5.41, 5.74) is 1.31. The molecule has 0 heterocycles. The van der Waals surface area contributed by atoms with Crippen LogP contribution in [-0.2, 0) is 12.7 Å². The Morgan fingerprint density at radius 1 is 1.00 bits per heavy atom. The molecule has 0 aliphatic rings. The lowest BCUT2D eigenvalue weighted by atomic mass is 10.1. The second-order valence-electron chi connectivity index (χ2n) is 4.51. The second-order valence-corrected chi connectivity index (χ2v) is 4.51. The molecule has 0 amide bonds. The maximum Gasteiger partial charge on any atom is 0.416 e. The van der Waals surface area contributed by atoms with Gasteiger partial charge in [-0.2, -0.15) is 13.2 Å². The van der Waals surface area contributed by atoms with Crippen LogP contribution < -0.4 is 5.32 Å². The largest absolute Gasteiger partial charge is 0.416 e. The number of halogens is 4. The minimum Gasteiger partial charge on any atom is -0.381 e. The van der Waals surface area contributed by atoms with Crippen LogP contribution in [0.4, 0.5) is 23.2 Å². The van der Waals surface area contributed by atoms with Gasteiger partial charge in [-0.25, -0.2) is 4.39 Å². The van der Waals surface area contributed by atoms with Gasteiger partial charge in [0.25, 0.3) is 0 Å². The lowest BCUT2D eigenvalue weighted by Gasteiger charge is -2.10. The molecule has 1 nitrogen and oxygen atoms in total. The van der Waals surface area contributed by atoms with Gasteiger partial charge in [0.15, 0.2) is 0 Å². The van der Waals surface area contributed by atoms with E-state index in [-0.39, 0.29) is 5.82 Å². The highest BCUT2D eigenvalue weighted by atomic mass is 19.4. The van der Waals surface area contributed by atoms with Crippen molar-refractivity contribution >= 4 is 5.69 Å². The third kappa shape index (κ3) is 3.50. The summed E-state index contributed by atoms with van der Waals surface area (Å²) in [5, 5.41) is 3.00. The Morgan fingerprint density at radius 2 is 1.65 bits per heavy atom. The highest BCUT2D eigenvalue weighted by Crippen LogP contribution is 2.29. The van der Waals surface area contributed by atoms with E-state index < -0.39 is 11.7 Å². The smallest absolute Gasteiger partial charge is 0.381 e. The predicted octanol–water partition coefficient (Wildman–Crippen LogP) is 4.77. The van der Waals surface area contributed by atoms with Crippen molar-refractivity contribution in [1.82, 2.24) is 0 Å². The van der Waals surface area contributed by atoms with Gasteiger partial charge in [-0.05, 0) is 48.4 Å². The van der Waals surface area contributed by atoms with Crippen molar-refractivity contribution in [2.45, 2.75) is 19.6 Å². The zero-order valence-corrected chi connectivity index (χ0v) is 10.8. The highest BCUT2D eigenvalue weighted by Gasteiger charge is 2.29. The quantitative estimate of drug-likeness (QED) is 0.800. The third-order valence-corrected chi connectivity index (χ3v) is 2.93. The predicted molar refractivity (Wildman–Crippen MR) is 69.9 cm³/mol. The van der Waals surface area contributed by atoms with Crippen LogP contribution in [0.1, 0.15) is 16.7 Å². The fourth-order valence-corrected chi connectivity index (χ4v) is 1.80. The van der Waals surface area contributed by atoms with Gasteiger partial charge in [0, 0.05) is 12.2 Å². The Bertz CT molecular complexity index is 588. The first-order valence-electron chi connectivity index (χ1n) is 6.02. The van der Waals surface area contributed by atoms with E-state index in [0.717, 1.165) is 17.7 Å². The number of rotatable bonds is 3. The number of alkyl halides is 3. The van der Waals surface area contributed by atoms with Crippen LogP contribution in [0, 0.1) is 12.7 Å². The lowest BCUT2D eigenvalue weighted by molar-refractivity contribution is -0.137. The molecule has 0 radical (unpaired) electrons. The number of benzene rings is 2. The van der Waals surface area contributed by atoms with Crippen LogP contribution in [0.3, 0.4) is 0 Å². The molecule has 5 heteroatoms. The first-order chi connectivity index (χ1) is 9.36. The van der Waals surface area contributed by atoms with Crippen molar-refractivity contribution in [2.75, 3.05) is 5.32 Å². The van der Waals surface area contributed by atoms with Gasteiger partial charge >= 0.3 is 6.18 Å². The Morgan fingerprint density at radius 3 is 2.20 bits per heavy atom. The molecular weight excluding hydrogens is 270 g/mol. The Hall–Kier alpha value is -2.04. The van der Waals surface area contributed by atoms with Gasteiger partial charge in [0.1, 0.15) is 5.82 Å². The van der Waals surface area contributed by atoms with E-state index in [1.807, 2.05) is 0 Å². The monoisotopic (exact) mass is 283 g/mol. The molecule has 2 rings (SSSR count). The molecule has 0 aliphatic carbocycles. The van der Waals surface area contributed by atoms with E-state index >= 15 is 0 Å². The Balaban J connectivity index is 2.02. The van der Waals surface area contributed by atoms with Crippen LogP contribution in [0.2, 0.25) is 0 Å². The minimum atomic E-state index is -4.33. The van der Waals surface area contributed by atoms with E-state index in [9.17, 15) is 17.6 Å². The topological polar surface area (TPSA) is 12.0 Å². The average Bonchev–Trinajstić information content (AvgIpc) is 2.40. The summed E-state index contributed by atoms with van der Waals surface area (Å²) in [4.78, 5) is 0. The van der Waals surface area contributed by atoms with Crippen LogP contribution in [-0.4, -0.2) is 0 Å². The molecule has 0 aliphatic heterocycles. The molecule has 0 spiro atoms. The normalized spacial score (nSPS) is 11.4. The lowest BCUT2D eigenvalue weighted by Crippen LogP contribution is -2.05. The van der Waals surface area contributed by atoms with E-state index in [1.54, 1.807) is 19.1 Å². The highest BCUT2D eigenvalue weighted by molar-refractivity contribution is 5.45. The van der Waals surface area contributed by atoms with Crippen LogP contribution in [0.5, 0.6) is 0 Å². The van der Waals surface area contributed by atoms with E-state index in [1.165, 1.54) is 18.2 Å². The molecule has 0 unspecified atom stereocenters.